The summed E-state index contributed by atoms with van der Waals surface area (Å²) in [6, 6.07) is 6.62. The quantitative estimate of drug-likeness (QED) is 0.477. The van der Waals surface area contributed by atoms with E-state index in [-0.39, 0.29) is 18.4 Å². The number of H-pyrrole nitrogens is 1. The number of fused-ring (bicyclic) bond motifs is 2. The summed E-state index contributed by atoms with van der Waals surface area (Å²) in [5, 5.41) is 4.88. The van der Waals surface area contributed by atoms with Crippen molar-refractivity contribution in [2.24, 2.45) is 9.98 Å². The van der Waals surface area contributed by atoms with Crippen LogP contribution in [0.2, 0.25) is 0 Å². The number of para-hydroxylation sites is 1. The Morgan fingerprint density at radius 3 is 2.91 bits per heavy atom. The van der Waals surface area contributed by atoms with Gasteiger partial charge in [-0.3, -0.25) is 9.98 Å². The number of nitrogens with one attached hydrogen (secondary N) is 2. The van der Waals surface area contributed by atoms with E-state index < -0.39 is 5.82 Å². The first-order valence-electron chi connectivity index (χ1n) is 10.8. The minimum atomic E-state index is -0.428. The summed E-state index contributed by atoms with van der Waals surface area (Å²) in [6.45, 7) is 4.95. The van der Waals surface area contributed by atoms with Gasteiger partial charge in [0.1, 0.15) is 17.0 Å². The number of imidazole rings is 1. The Hall–Kier alpha value is -3.88. The standard InChI is InChI=1S/C24H23F2N7/c1-14(2)33-13-31-22-23(28-7-6-15-10-29-21-18(15)4-3-5-19(21)26)32-20(12-30-24(22)33)16-8-17(25)11-27-9-16/h3-5,8-11,13-14,28-29H,6-7,12H2,1-2H3. The lowest BCUT2D eigenvalue weighted by atomic mass is 10.1. The second-order valence-electron chi connectivity index (χ2n) is 8.19. The summed E-state index contributed by atoms with van der Waals surface area (Å²) in [5.41, 5.74) is 3.41. The second-order valence-corrected chi connectivity index (χ2v) is 8.19. The first-order valence-corrected chi connectivity index (χ1v) is 10.8. The number of rotatable bonds is 6. The molecule has 1 aromatic carbocycles. The van der Waals surface area contributed by atoms with Crippen molar-refractivity contribution < 1.29 is 8.78 Å². The van der Waals surface area contributed by atoms with E-state index in [4.69, 9.17) is 9.98 Å². The summed E-state index contributed by atoms with van der Waals surface area (Å²) in [4.78, 5) is 21.0. The molecule has 0 amide bonds. The molecule has 1 aliphatic rings. The number of aromatic nitrogens is 4. The molecule has 0 radical (unpaired) electrons. The summed E-state index contributed by atoms with van der Waals surface area (Å²) in [6.07, 6.45) is 6.97. The highest BCUT2D eigenvalue weighted by Gasteiger charge is 2.15. The molecule has 0 saturated heterocycles. The number of pyridine rings is 1. The number of halogens is 2. The van der Waals surface area contributed by atoms with Crippen molar-refractivity contribution in [1.29, 1.82) is 0 Å². The van der Waals surface area contributed by atoms with Gasteiger partial charge in [-0.05, 0) is 38.0 Å². The molecule has 7 nitrogen and oxygen atoms in total. The van der Waals surface area contributed by atoms with E-state index in [9.17, 15) is 8.78 Å². The lowest BCUT2D eigenvalue weighted by Crippen LogP contribution is -2.36. The molecular weight excluding hydrogens is 424 g/mol. The predicted octanol–water partition coefficient (Wildman–Crippen LogP) is 2.64. The van der Waals surface area contributed by atoms with Gasteiger partial charge in [-0.15, -0.1) is 0 Å². The van der Waals surface area contributed by atoms with Crippen LogP contribution < -0.4 is 16.2 Å². The number of aromatic amines is 1. The zero-order chi connectivity index (χ0) is 22.9. The van der Waals surface area contributed by atoms with Gasteiger partial charge in [0.15, 0.2) is 11.3 Å². The Labute approximate surface area is 188 Å². The van der Waals surface area contributed by atoms with Crippen LogP contribution in [0.5, 0.6) is 0 Å². The molecule has 0 fully saturated rings. The first-order chi connectivity index (χ1) is 16.0. The third-order valence-electron chi connectivity index (χ3n) is 5.65. The minimum Gasteiger partial charge on any atom is -0.368 e. The molecule has 0 bridgehead atoms. The molecule has 168 valence electrons. The van der Waals surface area contributed by atoms with Crippen LogP contribution in [0.3, 0.4) is 0 Å². The number of aliphatic imine (C=N–C) groups is 1. The lowest BCUT2D eigenvalue weighted by molar-refractivity contribution is 0.573. The Kier molecular flexibility index (Phi) is 5.45. The number of benzene rings is 1. The molecule has 2 N–H and O–H groups in total. The topological polar surface area (TPSA) is 83.2 Å². The van der Waals surface area contributed by atoms with Gasteiger partial charge in [0.25, 0.3) is 0 Å². The molecule has 9 heteroatoms. The number of nitrogens with zero attached hydrogens (tertiary/aromatic N) is 5. The highest BCUT2D eigenvalue weighted by molar-refractivity contribution is 6.03. The number of hydrogen-bond donors (Lipinski definition) is 2. The molecule has 4 aromatic rings. The summed E-state index contributed by atoms with van der Waals surface area (Å²) in [5.74, 6) is -0.132. The zero-order valence-electron chi connectivity index (χ0n) is 18.3. The van der Waals surface area contributed by atoms with Crippen LogP contribution in [0.15, 0.2) is 59.2 Å². The Bertz CT molecular complexity index is 1480. The molecule has 1 aliphatic heterocycles. The van der Waals surface area contributed by atoms with E-state index >= 15 is 0 Å². The van der Waals surface area contributed by atoms with Crippen LogP contribution in [0.1, 0.15) is 31.0 Å². The predicted molar refractivity (Wildman–Crippen MR) is 122 cm³/mol. The van der Waals surface area contributed by atoms with Crippen LogP contribution in [0.4, 0.5) is 8.78 Å². The molecule has 0 unspecified atom stereocenters. The van der Waals surface area contributed by atoms with Crippen molar-refractivity contribution in [2.45, 2.75) is 26.3 Å². The van der Waals surface area contributed by atoms with Crippen LogP contribution in [0.25, 0.3) is 16.7 Å². The molecule has 0 saturated carbocycles. The SMILES string of the molecule is CC(C)n1cnc2c1=NCC(c1cncc(F)c1)=NC=2NCCc1c[nH]c2c(F)cccc12. The molecule has 3 aromatic heterocycles. The maximum atomic E-state index is 14.0. The van der Waals surface area contributed by atoms with E-state index in [1.54, 1.807) is 18.6 Å². The minimum absolute atomic E-state index is 0.171. The average molecular weight is 447 g/mol. The maximum absolute atomic E-state index is 14.0. The molecule has 0 aliphatic carbocycles. The maximum Gasteiger partial charge on any atom is 0.159 e. The normalized spacial score (nSPS) is 13.6. The van der Waals surface area contributed by atoms with Crippen molar-refractivity contribution in [2.75, 3.05) is 13.1 Å². The lowest BCUT2D eigenvalue weighted by Gasteiger charge is -2.08. The fourth-order valence-corrected chi connectivity index (χ4v) is 3.98. The van der Waals surface area contributed by atoms with Gasteiger partial charge in [-0.1, -0.05) is 12.1 Å². The van der Waals surface area contributed by atoms with E-state index in [2.05, 4.69) is 34.1 Å². The molecule has 5 rings (SSSR count). The van der Waals surface area contributed by atoms with E-state index in [1.807, 2.05) is 16.8 Å². The largest absolute Gasteiger partial charge is 0.368 e. The van der Waals surface area contributed by atoms with Gasteiger partial charge in [-0.25, -0.2) is 18.8 Å². The molecule has 0 atom stereocenters. The monoisotopic (exact) mass is 447 g/mol. The van der Waals surface area contributed by atoms with Crippen LogP contribution in [-0.4, -0.2) is 38.3 Å². The Balaban J connectivity index is 1.49. The fourth-order valence-electron chi connectivity index (χ4n) is 3.98. The van der Waals surface area contributed by atoms with Crippen molar-refractivity contribution in [1.82, 2.24) is 24.8 Å². The van der Waals surface area contributed by atoms with Gasteiger partial charge in [0, 0.05) is 35.9 Å². The zero-order valence-corrected chi connectivity index (χ0v) is 18.3. The highest BCUT2D eigenvalue weighted by atomic mass is 19.1. The average Bonchev–Trinajstić information content (AvgIpc) is 3.36. The summed E-state index contributed by atoms with van der Waals surface area (Å²) >= 11 is 0. The van der Waals surface area contributed by atoms with Gasteiger partial charge in [0.05, 0.1) is 30.3 Å². The smallest absolute Gasteiger partial charge is 0.159 e. The second kappa shape index (κ2) is 8.57. The van der Waals surface area contributed by atoms with E-state index in [0.717, 1.165) is 22.6 Å². The van der Waals surface area contributed by atoms with Gasteiger partial charge >= 0.3 is 0 Å². The third-order valence-corrected chi connectivity index (χ3v) is 5.65. The van der Waals surface area contributed by atoms with Crippen LogP contribution >= 0.6 is 0 Å². The van der Waals surface area contributed by atoms with Crippen LogP contribution in [0, 0.1) is 11.6 Å². The first kappa shape index (κ1) is 21.0. The fraction of sp³-hybridized carbons (Fsp3) is 0.250. The summed E-state index contributed by atoms with van der Waals surface area (Å²) < 4.78 is 29.8. The molecular formula is C24H23F2N7. The molecule has 0 spiro atoms. The van der Waals surface area contributed by atoms with Crippen molar-refractivity contribution in [3.63, 3.8) is 0 Å². The van der Waals surface area contributed by atoms with Crippen molar-refractivity contribution >= 4 is 22.4 Å². The van der Waals surface area contributed by atoms with Gasteiger partial charge in [0.2, 0.25) is 0 Å². The van der Waals surface area contributed by atoms with Crippen molar-refractivity contribution in [3.05, 3.63) is 82.8 Å². The third kappa shape index (κ3) is 4.02. The van der Waals surface area contributed by atoms with Gasteiger partial charge in [-0.2, -0.15) is 0 Å². The van der Waals surface area contributed by atoms with Crippen LogP contribution in [-0.2, 0) is 6.42 Å². The summed E-state index contributed by atoms with van der Waals surface area (Å²) in [7, 11) is 0. The Morgan fingerprint density at radius 1 is 1.21 bits per heavy atom. The van der Waals surface area contributed by atoms with Gasteiger partial charge < -0.3 is 14.9 Å². The number of hydrogen-bond acceptors (Lipinski definition) is 5. The van der Waals surface area contributed by atoms with Crippen molar-refractivity contribution in [3.8, 4) is 0 Å². The van der Waals surface area contributed by atoms with E-state index in [0.29, 0.717) is 40.9 Å². The molecule has 33 heavy (non-hydrogen) atoms. The van der Waals surface area contributed by atoms with E-state index in [1.165, 1.54) is 12.1 Å². The Morgan fingerprint density at radius 2 is 2.09 bits per heavy atom. The molecule has 4 heterocycles. The highest BCUT2D eigenvalue weighted by Crippen LogP contribution is 2.21.